The van der Waals surface area contributed by atoms with Gasteiger partial charge in [-0.3, -0.25) is 14.5 Å². The second kappa shape index (κ2) is 4.42. The molecule has 0 fully saturated rings. The van der Waals surface area contributed by atoms with E-state index in [2.05, 4.69) is 27.1 Å². The summed E-state index contributed by atoms with van der Waals surface area (Å²) in [6, 6.07) is 8.19. The van der Waals surface area contributed by atoms with Crippen molar-refractivity contribution in [2.75, 3.05) is 6.54 Å². The molecule has 0 unspecified atom stereocenters. The van der Waals surface area contributed by atoms with Gasteiger partial charge in [0.1, 0.15) is 5.82 Å². The molecule has 0 aromatic carbocycles. The number of pyridine rings is 2. The van der Waals surface area contributed by atoms with E-state index < -0.39 is 0 Å². The summed E-state index contributed by atoms with van der Waals surface area (Å²) < 4.78 is 2.05. The Morgan fingerprint density at radius 1 is 1.05 bits per heavy atom. The second-order valence-electron chi connectivity index (χ2n) is 4.71. The molecule has 1 aliphatic heterocycles. The highest BCUT2D eigenvalue weighted by molar-refractivity contribution is 5.89. The Balaban J connectivity index is 1.75. The highest BCUT2D eigenvalue weighted by Crippen LogP contribution is 2.20. The summed E-state index contributed by atoms with van der Waals surface area (Å²) >= 11 is 0. The Morgan fingerprint density at radius 3 is 2.85 bits per heavy atom. The molecule has 0 saturated carbocycles. The minimum absolute atomic E-state index is 0.747. The first kappa shape index (κ1) is 11.1. The molecule has 20 heavy (non-hydrogen) atoms. The fourth-order valence-electron chi connectivity index (χ4n) is 2.43. The molecule has 4 heterocycles. The van der Waals surface area contributed by atoms with Crippen LogP contribution in [0.2, 0.25) is 0 Å². The Labute approximate surface area is 116 Å². The van der Waals surface area contributed by atoms with Crippen LogP contribution in [-0.2, 0) is 0 Å². The minimum atomic E-state index is 0.747. The molecule has 0 atom stereocenters. The monoisotopic (exact) mass is 260 g/mol. The molecular formula is C16H12N4. The van der Waals surface area contributed by atoms with Crippen LogP contribution < -0.4 is 0 Å². The molecule has 4 rings (SSSR count). The number of aliphatic imine (C=N–C) groups is 1. The highest BCUT2D eigenvalue weighted by Gasteiger charge is 2.07. The first-order chi connectivity index (χ1) is 9.92. The van der Waals surface area contributed by atoms with Crippen molar-refractivity contribution >= 4 is 22.7 Å². The molecule has 0 saturated heterocycles. The van der Waals surface area contributed by atoms with Crippen molar-refractivity contribution in [2.45, 2.75) is 0 Å². The predicted molar refractivity (Wildman–Crippen MR) is 80.2 cm³/mol. The van der Waals surface area contributed by atoms with Crippen LogP contribution in [0.4, 0.5) is 0 Å². The lowest BCUT2D eigenvalue weighted by atomic mass is 10.1. The molecule has 0 radical (unpaired) electrons. The van der Waals surface area contributed by atoms with Gasteiger partial charge in [-0.1, -0.05) is 0 Å². The molecule has 3 aromatic heterocycles. The van der Waals surface area contributed by atoms with E-state index >= 15 is 0 Å². The van der Waals surface area contributed by atoms with Crippen molar-refractivity contribution in [3.8, 4) is 5.82 Å². The maximum absolute atomic E-state index is 4.55. The molecule has 0 bridgehead atoms. The minimum Gasteiger partial charge on any atom is -0.300 e. The molecule has 0 N–H and O–H groups in total. The SMILES string of the molecule is C1=NCC(c2ccc(-n3ccc4ccncc43)nc2)=C1. The van der Waals surface area contributed by atoms with Crippen LogP contribution in [0, 0.1) is 0 Å². The lowest BCUT2D eigenvalue weighted by Crippen LogP contribution is -1.97. The van der Waals surface area contributed by atoms with Crippen molar-refractivity contribution in [3.05, 3.63) is 60.7 Å². The first-order valence-corrected chi connectivity index (χ1v) is 6.49. The summed E-state index contributed by atoms with van der Waals surface area (Å²) in [5, 5.41) is 1.16. The van der Waals surface area contributed by atoms with Gasteiger partial charge in [-0.05, 0) is 41.5 Å². The highest BCUT2D eigenvalue weighted by atomic mass is 15.1. The van der Waals surface area contributed by atoms with Gasteiger partial charge in [-0.15, -0.1) is 0 Å². The molecule has 0 amide bonds. The molecule has 4 heteroatoms. The van der Waals surface area contributed by atoms with Crippen LogP contribution >= 0.6 is 0 Å². The zero-order valence-electron chi connectivity index (χ0n) is 10.8. The van der Waals surface area contributed by atoms with E-state index in [1.54, 1.807) is 6.20 Å². The zero-order valence-corrected chi connectivity index (χ0v) is 10.8. The van der Waals surface area contributed by atoms with Gasteiger partial charge in [0, 0.05) is 30.2 Å². The van der Waals surface area contributed by atoms with E-state index in [9.17, 15) is 0 Å². The summed E-state index contributed by atoms with van der Waals surface area (Å²) in [5.41, 5.74) is 3.40. The average molecular weight is 260 g/mol. The Kier molecular flexibility index (Phi) is 2.45. The molecule has 96 valence electrons. The number of allylic oxidation sites excluding steroid dienone is 1. The van der Waals surface area contributed by atoms with Crippen LogP contribution in [-0.4, -0.2) is 27.3 Å². The topological polar surface area (TPSA) is 43.1 Å². The average Bonchev–Trinajstić information content (AvgIpc) is 3.17. The summed E-state index contributed by atoms with van der Waals surface area (Å²) in [4.78, 5) is 12.9. The zero-order chi connectivity index (χ0) is 13.4. The van der Waals surface area contributed by atoms with Crippen molar-refractivity contribution in [2.24, 2.45) is 4.99 Å². The normalized spacial score (nSPS) is 13.9. The van der Waals surface area contributed by atoms with Crippen LogP contribution in [0.25, 0.3) is 22.3 Å². The number of hydrogen-bond donors (Lipinski definition) is 0. The van der Waals surface area contributed by atoms with E-state index in [4.69, 9.17) is 0 Å². The first-order valence-electron chi connectivity index (χ1n) is 6.49. The number of fused-ring (bicyclic) bond motifs is 1. The molecule has 0 spiro atoms. The van der Waals surface area contributed by atoms with E-state index in [0.717, 1.165) is 28.8 Å². The van der Waals surface area contributed by atoms with Gasteiger partial charge in [0.25, 0.3) is 0 Å². The largest absolute Gasteiger partial charge is 0.300 e. The van der Waals surface area contributed by atoms with Gasteiger partial charge in [-0.25, -0.2) is 4.98 Å². The third-order valence-corrected chi connectivity index (χ3v) is 3.50. The summed E-state index contributed by atoms with van der Waals surface area (Å²) in [6.45, 7) is 0.747. The standard InChI is InChI=1S/C16H12N4/c1-2-16(19-10-13(1)14-4-7-17-9-14)20-8-5-12-3-6-18-11-15(12)20/h1-8,10-11H,9H2. The van der Waals surface area contributed by atoms with E-state index in [1.807, 2.05) is 47.6 Å². The van der Waals surface area contributed by atoms with E-state index in [0.29, 0.717) is 0 Å². The Bertz CT molecular complexity index is 825. The molecule has 4 nitrogen and oxygen atoms in total. The molecular weight excluding hydrogens is 248 g/mol. The molecule has 1 aliphatic rings. The van der Waals surface area contributed by atoms with Gasteiger partial charge in [0.2, 0.25) is 0 Å². The summed E-state index contributed by atoms with van der Waals surface area (Å²) in [5.74, 6) is 0.899. The fraction of sp³-hybridized carbons (Fsp3) is 0.0625. The van der Waals surface area contributed by atoms with Crippen LogP contribution in [0.1, 0.15) is 5.56 Å². The third-order valence-electron chi connectivity index (χ3n) is 3.50. The predicted octanol–water partition coefficient (Wildman–Crippen LogP) is 2.89. The van der Waals surface area contributed by atoms with Gasteiger partial charge < -0.3 is 0 Å². The van der Waals surface area contributed by atoms with Crippen molar-refractivity contribution < 1.29 is 0 Å². The third kappa shape index (κ3) is 1.73. The number of aromatic nitrogens is 3. The van der Waals surface area contributed by atoms with Crippen molar-refractivity contribution in [1.82, 2.24) is 14.5 Å². The van der Waals surface area contributed by atoms with Crippen LogP contribution in [0.3, 0.4) is 0 Å². The van der Waals surface area contributed by atoms with Gasteiger partial charge in [0.05, 0.1) is 18.3 Å². The molecule has 3 aromatic rings. The van der Waals surface area contributed by atoms with Crippen LogP contribution in [0.5, 0.6) is 0 Å². The maximum Gasteiger partial charge on any atom is 0.137 e. The van der Waals surface area contributed by atoms with Gasteiger partial charge >= 0.3 is 0 Å². The smallest absolute Gasteiger partial charge is 0.137 e. The van der Waals surface area contributed by atoms with Crippen molar-refractivity contribution in [1.29, 1.82) is 0 Å². The maximum atomic E-state index is 4.55. The summed E-state index contributed by atoms with van der Waals surface area (Å²) in [7, 11) is 0. The number of hydrogen-bond acceptors (Lipinski definition) is 3. The van der Waals surface area contributed by atoms with Crippen molar-refractivity contribution in [3.63, 3.8) is 0 Å². The summed E-state index contributed by atoms with van der Waals surface area (Å²) in [6.07, 6.45) is 11.5. The second-order valence-corrected chi connectivity index (χ2v) is 4.71. The lowest BCUT2D eigenvalue weighted by molar-refractivity contribution is 1.04. The van der Waals surface area contributed by atoms with Gasteiger partial charge in [0.15, 0.2) is 0 Å². The van der Waals surface area contributed by atoms with E-state index in [1.165, 1.54) is 5.57 Å². The van der Waals surface area contributed by atoms with Crippen LogP contribution in [0.15, 0.2) is 60.1 Å². The Hall–Kier alpha value is -2.75. The number of rotatable bonds is 2. The Morgan fingerprint density at radius 2 is 2.05 bits per heavy atom. The lowest BCUT2D eigenvalue weighted by Gasteiger charge is -2.06. The van der Waals surface area contributed by atoms with Gasteiger partial charge in [-0.2, -0.15) is 0 Å². The number of nitrogens with zero attached hydrogens (tertiary/aromatic N) is 4. The fourth-order valence-corrected chi connectivity index (χ4v) is 2.43. The van der Waals surface area contributed by atoms with E-state index in [-0.39, 0.29) is 0 Å². The molecule has 0 aliphatic carbocycles. The quantitative estimate of drug-likeness (QED) is 0.711.